The van der Waals surface area contributed by atoms with Crippen molar-refractivity contribution in [2.24, 2.45) is 5.92 Å². The highest BCUT2D eigenvalue weighted by Crippen LogP contribution is 2.36. The topological polar surface area (TPSA) is 69.7 Å². The van der Waals surface area contributed by atoms with Crippen molar-refractivity contribution >= 4 is 11.6 Å². The molecule has 1 aromatic rings. The summed E-state index contributed by atoms with van der Waals surface area (Å²) in [5, 5.41) is 3.04. The van der Waals surface area contributed by atoms with Gasteiger partial charge >= 0.3 is 0 Å². The molecule has 0 bridgehead atoms. The quantitative estimate of drug-likeness (QED) is 0.676. The van der Waals surface area contributed by atoms with Crippen LogP contribution in [0.5, 0.6) is 5.88 Å². The van der Waals surface area contributed by atoms with Crippen LogP contribution in [-0.2, 0) is 14.3 Å². The van der Waals surface area contributed by atoms with Gasteiger partial charge in [0, 0.05) is 19.8 Å². The standard InChI is InChI=1S/C20H32N2O4/c1-5-11-26-20(10-6-7-15(2)14-20)19(23)22-17-8-9-18(21-16(17)3)25-13-12-24-4/h8-9,15H,5-7,10-14H2,1-4H3,(H,22,23)/t15-,20+/m1/s1. The number of amides is 1. The molecular formula is C20H32N2O4. The van der Waals surface area contributed by atoms with E-state index < -0.39 is 5.60 Å². The molecule has 1 fully saturated rings. The summed E-state index contributed by atoms with van der Waals surface area (Å²) in [4.78, 5) is 17.5. The molecule has 0 saturated heterocycles. The zero-order chi connectivity index (χ0) is 19.0. The summed E-state index contributed by atoms with van der Waals surface area (Å²) in [6.07, 6.45) is 4.61. The Morgan fingerprint density at radius 2 is 2.15 bits per heavy atom. The van der Waals surface area contributed by atoms with Gasteiger partial charge in [0.15, 0.2) is 0 Å². The third kappa shape index (κ3) is 5.42. The second-order valence-electron chi connectivity index (χ2n) is 7.12. The van der Waals surface area contributed by atoms with Gasteiger partial charge in [0.25, 0.3) is 5.91 Å². The number of hydrogen-bond acceptors (Lipinski definition) is 5. The van der Waals surface area contributed by atoms with Crippen molar-refractivity contribution in [3.8, 4) is 5.88 Å². The molecule has 1 saturated carbocycles. The first kappa shape index (κ1) is 20.6. The summed E-state index contributed by atoms with van der Waals surface area (Å²) in [5.74, 6) is 0.957. The van der Waals surface area contributed by atoms with Gasteiger partial charge in [0.2, 0.25) is 5.88 Å². The molecule has 1 amide bonds. The number of methoxy groups -OCH3 is 1. The van der Waals surface area contributed by atoms with Gasteiger partial charge in [-0.3, -0.25) is 4.79 Å². The van der Waals surface area contributed by atoms with Gasteiger partial charge in [0.1, 0.15) is 12.2 Å². The zero-order valence-electron chi connectivity index (χ0n) is 16.5. The van der Waals surface area contributed by atoms with E-state index in [0.29, 0.717) is 37.3 Å². The summed E-state index contributed by atoms with van der Waals surface area (Å²) in [6.45, 7) is 7.67. The number of aromatic nitrogens is 1. The van der Waals surface area contributed by atoms with Crippen molar-refractivity contribution < 1.29 is 19.0 Å². The number of ether oxygens (including phenoxy) is 3. The lowest BCUT2D eigenvalue weighted by Crippen LogP contribution is -2.49. The predicted octanol–water partition coefficient (Wildman–Crippen LogP) is 3.73. The van der Waals surface area contributed by atoms with Crippen molar-refractivity contribution in [3.05, 3.63) is 17.8 Å². The van der Waals surface area contributed by atoms with Crippen LogP contribution in [0.4, 0.5) is 5.69 Å². The van der Waals surface area contributed by atoms with Crippen molar-refractivity contribution in [2.45, 2.75) is 58.5 Å². The van der Waals surface area contributed by atoms with Gasteiger partial charge in [-0.2, -0.15) is 0 Å². The summed E-state index contributed by atoms with van der Waals surface area (Å²) < 4.78 is 16.6. The normalized spacial score (nSPS) is 22.8. The van der Waals surface area contributed by atoms with Crippen LogP contribution in [0.2, 0.25) is 0 Å². The Kier molecular flexibility index (Phi) is 7.85. The van der Waals surface area contributed by atoms with Crippen molar-refractivity contribution in [2.75, 3.05) is 32.2 Å². The van der Waals surface area contributed by atoms with E-state index in [4.69, 9.17) is 14.2 Å². The maximum Gasteiger partial charge on any atom is 0.256 e. The van der Waals surface area contributed by atoms with Crippen molar-refractivity contribution in [1.82, 2.24) is 4.98 Å². The average Bonchev–Trinajstić information content (AvgIpc) is 2.62. The zero-order valence-corrected chi connectivity index (χ0v) is 16.5. The number of aryl methyl sites for hydroxylation is 1. The molecule has 0 radical (unpaired) electrons. The molecule has 1 aliphatic carbocycles. The Hall–Kier alpha value is -1.66. The Morgan fingerprint density at radius 3 is 2.81 bits per heavy atom. The number of pyridine rings is 1. The third-order valence-electron chi connectivity index (χ3n) is 4.80. The molecule has 146 valence electrons. The van der Waals surface area contributed by atoms with E-state index in [-0.39, 0.29) is 5.91 Å². The van der Waals surface area contributed by atoms with Gasteiger partial charge in [-0.05, 0) is 44.6 Å². The van der Waals surface area contributed by atoms with Crippen LogP contribution in [0.15, 0.2) is 12.1 Å². The van der Waals surface area contributed by atoms with Gasteiger partial charge in [-0.25, -0.2) is 4.98 Å². The Balaban J connectivity index is 2.08. The Morgan fingerprint density at radius 1 is 1.35 bits per heavy atom. The van der Waals surface area contributed by atoms with Gasteiger partial charge in [-0.1, -0.05) is 20.3 Å². The molecule has 0 aromatic carbocycles. The van der Waals surface area contributed by atoms with E-state index in [9.17, 15) is 4.79 Å². The first-order chi connectivity index (χ1) is 12.5. The van der Waals surface area contributed by atoms with Crippen LogP contribution in [0, 0.1) is 12.8 Å². The lowest BCUT2D eigenvalue weighted by atomic mass is 9.78. The van der Waals surface area contributed by atoms with Crippen LogP contribution >= 0.6 is 0 Å². The molecule has 0 unspecified atom stereocenters. The van der Waals surface area contributed by atoms with Gasteiger partial charge in [-0.15, -0.1) is 0 Å². The van der Waals surface area contributed by atoms with E-state index in [1.54, 1.807) is 13.2 Å². The van der Waals surface area contributed by atoms with E-state index >= 15 is 0 Å². The molecule has 6 heteroatoms. The lowest BCUT2D eigenvalue weighted by Gasteiger charge is -2.38. The molecule has 6 nitrogen and oxygen atoms in total. The number of anilines is 1. The second-order valence-corrected chi connectivity index (χ2v) is 7.12. The first-order valence-corrected chi connectivity index (χ1v) is 9.55. The molecule has 2 rings (SSSR count). The van der Waals surface area contributed by atoms with E-state index in [2.05, 4.69) is 24.1 Å². The Bertz CT molecular complexity index is 593. The fourth-order valence-corrected chi connectivity index (χ4v) is 3.42. The fourth-order valence-electron chi connectivity index (χ4n) is 3.42. The minimum absolute atomic E-state index is 0.0598. The number of hydrogen-bond donors (Lipinski definition) is 1. The highest BCUT2D eigenvalue weighted by Gasteiger charge is 2.42. The summed E-state index contributed by atoms with van der Waals surface area (Å²) >= 11 is 0. The van der Waals surface area contributed by atoms with Gasteiger partial charge < -0.3 is 19.5 Å². The molecular weight excluding hydrogens is 332 g/mol. The Labute approximate surface area is 156 Å². The molecule has 1 heterocycles. The van der Waals surface area contributed by atoms with Crippen LogP contribution < -0.4 is 10.1 Å². The summed E-state index contributed by atoms with van der Waals surface area (Å²) in [5.41, 5.74) is 0.697. The molecule has 2 atom stereocenters. The van der Waals surface area contributed by atoms with E-state index in [1.807, 2.05) is 13.0 Å². The molecule has 1 aliphatic rings. The number of carbonyl (C=O) groups excluding carboxylic acids is 1. The number of nitrogens with one attached hydrogen (secondary N) is 1. The SMILES string of the molecule is CCCO[C@@]1(C(=O)Nc2ccc(OCCOC)nc2C)CCC[C@@H](C)C1. The maximum absolute atomic E-state index is 13.1. The van der Waals surface area contributed by atoms with Crippen LogP contribution in [0.1, 0.15) is 51.6 Å². The first-order valence-electron chi connectivity index (χ1n) is 9.55. The number of carbonyl (C=O) groups is 1. The monoisotopic (exact) mass is 364 g/mol. The molecule has 1 N–H and O–H groups in total. The third-order valence-corrected chi connectivity index (χ3v) is 4.80. The van der Waals surface area contributed by atoms with Crippen LogP contribution in [0.25, 0.3) is 0 Å². The van der Waals surface area contributed by atoms with E-state index in [1.165, 1.54) is 0 Å². The molecule has 26 heavy (non-hydrogen) atoms. The summed E-state index contributed by atoms with van der Waals surface area (Å²) in [7, 11) is 1.63. The average molecular weight is 364 g/mol. The van der Waals surface area contributed by atoms with Crippen LogP contribution in [-0.4, -0.2) is 43.4 Å². The van der Waals surface area contributed by atoms with Crippen molar-refractivity contribution in [3.63, 3.8) is 0 Å². The van der Waals surface area contributed by atoms with E-state index in [0.717, 1.165) is 37.8 Å². The minimum Gasteiger partial charge on any atom is -0.475 e. The minimum atomic E-state index is -0.728. The number of rotatable bonds is 9. The fraction of sp³-hybridized carbons (Fsp3) is 0.700. The second kappa shape index (κ2) is 9.88. The highest BCUT2D eigenvalue weighted by atomic mass is 16.5. The largest absolute Gasteiger partial charge is 0.475 e. The lowest BCUT2D eigenvalue weighted by molar-refractivity contribution is -0.148. The van der Waals surface area contributed by atoms with Gasteiger partial charge in [0.05, 0.1) is 18.0 Å². The number of nitrogens with zero attached hydrogens (tertiary/aromatic N) is 1. The molecule has 0 spiro atoms. The molecule has 1 aromatic heterocycles. The molecule has 0 aliphatic heterocycles. The van der Waals surface area contributed by atoms with Crippen LogP contribution in [0.3, 0.4) is 0 Å². The van der Waals surface area contributed by atoms with Crippen molar-refractivity contribution in [1.29, 1.82) is 0 Å². The smallest absolute Gasteiger partial charge is 0.256 e. The predicted molar refractivity (Wildman–Crippen MR) is 102 cm³/mol. The maximum atomic E-state index is 13.1. The summed E-state index contributed by atoms with van der Waals surface area (Å²) in [6, 6.07) is 3.60. The highest BCUT2D eigenvalue weighted by molar-refractivity contribution is 5.97.